The van der Waals surface area contributed by atoms with E-state index in [0.717, 1.165) is 44.2 Å². The highest BCUT2D eigenvalue weighted by atomic mass is 28.3. The summed E-state index contributed by atoms with van der Waals surface area (Å²) in [5.74, 6) is 0.371. The Morgan fingerprint density at radius 2 is 1.37 bits per heavy atom. The Bertz CT molecular complexity index is 1070. The number of nitrogens with two attached hydrogens (primary N) is 1. The molecule has 41 heavy (non-hydrogen) atoms. The van der Waals surface area contributed by atoms with Crippen molar-refractivity contribution in [1.29, 1.82) is 0 Å². The van der Waals surface area contributed by atoms with Gasteiger partial charge in [-0.15, -0.1) is 0 Å². The number of ether oxygens (including phenoxy) is 1. The molecule has 4 rings (SSSR count). The molecule has 2 unspecified atom stereocenters. The minimum atomic E-state index is -1.31. The molecule has 1 aromatic carbocycles. The Balaban J connectivity index is 1.82. The topological polar surface area (TPSA) is 53.7 Å². The molecule has 2 heterocycles. The lowest BCUT2D eigenvalue weighted by Gasteiger charge is -2.55. The summed E-state index contributed by atoms with van der Waals surface area (Å²) in [4.78, 5) is 0. The predicted octanol–water partition coefficient (Wildman–Crippen LogP) is 8.86. The Labute approximate surface area is 255 Å². The first-order chi connectivity index (χ1) is 18.8. The zero-order chi connectivity index (χ0) is 30.6. The lowest BCUT2D eigenvalue weighted by molar-refractivity contribution is -0.240. The highest BCUT2D eigenvalue weighted by molar-refractivity contribution is 6.48. The first-order valence-corrected chi connectivity index (χ1v) is 21.9. The number of anilines is 1. The van der Waals surface area contributed by atoms with Crippen LogP contribution < -0.4 is 5.73 Å². The smallest absolute Gasteiger partial charge is 0.171 e. The van der Waals surface area contributed by atoms with Crippen LogP contribution in [0.5, 0.6) is 0 Å². The average molecular weight is 600 g/mol. The molecule has 2 bridgehead atoms. The van der Waals surface area contributed by atoms with Gasteiger partial charge in [-0.2, -0.15) is 0 Å². The molecule has 2 N–H and O–H groups in total. The second kappa shape index (κ2) is 11.5. The maximum atomic E-state index is 7.55. The van der Waals surface area contributed by atoms with E-state index >= 15 is 0 Å². The van der Waals surface area contributed by atoms with Crippen LogP contribution in [0.1, 0.15) is 117 Å². The molecule has 0 radical (unpaired) electrons. The van der Waals surface area contributed by atoms with Crippen molar-refractivity contribution in [3.8, 4) is 0 Å². The summed E-state index contributed by atoms with van der Waals surface area (Å²) in [5, 5.41) is 0. The van der Waals surface area contributed by atoms with Gasteiger partial charge in [0.05, 0.1) is 23.4 Å². The van der Waals surface area contributed by atoms with Gasteiger partial charge >= 0.3 is 0 Å². The number of hydrogen-bond acceptors (Lipinski definition) is 4. The van der Waals surface area contributed by atoms with Gasteiger partial charge in [-0.1, -0.05) is 67.5 Å². The van der Waals surface area contributed by atoms with Crippen molar-refractivity contribution >= 4 is 29.3 Å². The van der Waals surface area contributed by atoms with E-state index in [9.17, 15) is 0 Å². The maximum Gasteiger partial charge on any atom is 0.171 e. The van der Waals surface area contributed by atoms with Crippen molar-refractivity contribution in [3.05, 3.63) is 35.4 Å². The average Bonchev–Trinajstić information content (AvgIpc) is 3.11. The molecule has 4 nitrogen and oxygen atoms in total. The number of benzene rings is 1. The van der Waals surface area contributed by atoms with Crippen LogP contribution in [0.2, 0.25) is 26.2 Å². The fourth-order valence-electron chi connectivity index (χ4n) is 8.15. The summed E-state index contributed by atoms with van der Waals surface area (Å²) in [6.45, 7) is 28.0. The Hall–Kier alpha value is -0.926. The van der Waals surface area contributed by atoms with E-state index in [0.29, 0.717) is 11.3 Å². The van der Waals surface area contributed by atoms with Crippen LogP contribution >= 0.6 is 0 Å². The van der Waals surface area contributed by atoms with E-state index in [-0.39, 0.29) is 34.2 Å². The summed E-state index contributed by atoms with van der Waals surface area (Å²) < 4.78 is 21.5. The number of fused-ring (bicyclic) bond motifs is 2. The fourth-order valence-corrected chi connectivity index (χ4v) is 10.6. The molecular formula is C35H61NO3Si2. The first-order valence-electron chi connectivity index (χ1n) is 16.4. The number of hydrogen-bond donors (Lipinski definition) is 1. The van der Waals surface area contributed by atoms with Gasteiger partial charge in [-0.25, -0.2) is 0 Å². The zero-order valence-electron chi connectivity index (χ0n) is 28.4. The van der Waals surface area contributed by atoms with Crippen LogP contribution in [0.4, 0.5) is 5.69 Å². The third kappa shape index (κ3) is 7.08. The lowest BCUT2D eigenvalue weighted by atomic mass is 9.69. The van der Waals surface area contributed by atoms with Gasteiger partial charge in [0.2, 0.25) is 0 Å². The van der Waals surface area contributed by atoms with Crippen LogP contribution in [0, 0.1) is 16.2 Å². The van der Waals surface area contributed by atoms with Crippen LogP contribution in [-0.2, 0) is 13.6 Å². The monoisotopic (exact) mass is 599 g/mol. The molecule has 1 aliphatic carbocycles. The van der Waals surface area contributed by atoms with Crippen molar-refractivity contribution in [2.75, 3.05) is 5.73 Å². The first kappa shape index (κ1) is 33.0. The van der Waals surface area contributed by atoms with Crippen LogP contribution in [0.25, 0.3) is 5.57 Å². The number of allylic oxidation sites excluding steroid dienone is 2. The van der Waals surface area contributed by atoms with Crippen LogP contribution in [-0.4, -0.2) is 41.5 Å². The minimum absolute atomic E-state index is 0.0217. The normalized spacial score (nSPS) is 30.0. The van der Waals surface area contributed by atoms with Gasteiger partial charge in [0.1, 0.15) is 0 Å². The molecule has 2 fully saturated rings. The fraction of sp³-hybridized carbons (Fsp3) is 0.771. The molecule has 232 valence electrons. The molecule has 5 atom stereocenters. The van der Waals surface area contributed by atoms with Gasteiger partial charge < -0.3 is 19.3 Å². The van der Waals surface area contributed by atoms with Crippen molar-refractivity contribution in [2.24, 2.45) is 16.2 Å². The summed E-state index contributed by atoms with van der Waals surface area (Å²) in [5.41, 5.74) is 11.3. The number of rotatable bonds is 8. The summed E-state index contributed by atoms with van der Waals surface area (Å²) >= 11 is 0. The van der Waals surface area contributed by atoms with Crippen molar-refractivity contribution in [3.63, 3.8) is 0 Å². The molecule has 1 aromatic rings. The Kier molecular flexibility index (Phi) is 9.28. The van der Waals surface area contributed by atoms with E-state index in [1.165, 1.54) is 23.1 Å². The molecular weight excluding hydrogens is 539 g/mol. The van der Waals surface area contributed by atoms with E-state index in [4.69, 9.17) is 19.3 Å². The molecule has 2 saturated heterocycles. The van der Waals surface area contributed by atoms with E-state index in [1.54, 1.807) is 0 Å². The highest BCUT2D eigenvalue weighted by Gasteiger charge is 2.64. The predicted molar refractivity (Wildman–Crippen MR) is 181 cm³/mol. The number of nitrogen functional groups attached to an aromatic ring is 1. The van der Waals surface area contributed by atoms with Gasteiger partial charge in [0, 0.05) is 11.3 Å². The van der Waals surface area contributed by atoms with E-state index < -0.39 is 18.1 Å². The zero-order valence-corrected chi connectivity index (χ0v) is 30.8. The quantitative estimate of drug-likeness (QED) is 0.240. The maximum absolute atomic E-state index is 7.55. The van der Waals surface area contributed by atoms with E-state index in [2.05, 4.69) is 106 Å². The second-order valence-electron chi connectivity index (χ2n) is 17.1. The lowest BCUT2D eigenvalue weighted by Crippen LogP contribution is -2.61. The molecule has 2 aliphatic heterocycles. The molecule has 6 heteroatoms. The van der Waals surface area contributed by atoms with Crippen molar-refractivity contribution < 1.29 is 13.6 Å². The third-order valence-electron chi connectivity index (χ3n) is 9.77. The third-order valence-corrected chi connectivity index (χ3v) is 11.4. The van der Waals surface area contributed by atoms with Gasteiger partial charge in [-0.3, -0.25) is 0 Å². The molecule has 0 spiro atoms. The van der Waals surface area contributed by atoms with Gasteiger partial charge in [0.25, 0.3) is 0 Å². The molecule has 0 saturated carbocycles. The van der Waals surface area contributed by atoms with E-state index in [1.807, 2.05) is 0 Å². The Morgan fingerprint density at radius 3 is 1.78 bits per heavy atom. The highest BCUT2D eigenvalue weighted by Crippen LogP contribution is 2.61. The Morgan fingerprint density at radius 1 is 0.854 bits per heavy atom. The van der Waals surface area contributed by atoms with Crippen LogP contribution in [0.3, 0.4) is 0 Å². The minimum Gasteiger partial charge on any atom is -0.414 e. The van der Waals surface area contributed by atoms with Gasteiger partial charge in [0.15, 0.2) is 18.1 Å². The van der Waals surface area contributed by atoms with Gasteiger partial charge in [-0.05, 0) is 117 Å². The van der Waals surface area contributed by atoms with Crippen LogP contribution in [0.15, 0.2) is 24.3 Å². The summed E-state index contributed by atoms with van der Waals surface area (Å²) in [6, 6.07) is 6.90. The van der Waals surface area contributed by atoms with Crippen molar-refractivity contribution in [2.45, 2.75) is 156 Å². The molecule has 3 aliphatic rings. The second-order valence-corrected chi connectivity index (χ2v) is 21.9. The largest absolute Gasteiger partial charge is 0.414 e. The molecule has 0 amide bonds. The standard InChI is InChI=1S/C35H61NO3Si2/c1-31(2,3)29(37-40(9)10)34-19-20-35(39-34,30(32(4,5)6)38-41(11)12)23-26(22-34)25-13-14-28(36)27(21-25)24-15-17-33(7,8)18-16-24/h13-15,21,26,29-30,40-41H,16-20,22-23,36H2,1-12H3/t26-,29?,30?,34-,35+. The van der Waals surface area contributed by atoms with Crippen molar-refractivity contribution in [1.82, 2.24) is 0 Å². The summed E-state index contributed by atoms with van der Waals surface area (Å²) in [6.07, 6.45) is 10.0. The SMILES string of the molecule is C[SiH](C)OC(C(C)(C)C)[C@@]12CC[C@@](C(O[SiH](C)C)C(C)(C)C)(C[C@H](c3ccc(N)c(C4=CCC(C)(C)CC4)c3)C1)O2. The summed E-state index contributed by atoms with van der Waals surface area (Å²) in [7, 11) is -2.62. The molecule has 0 aromatic heterocycles.